The minimum absolute atomic E-state index is 0.102. The first kappa shape index (κ1) is 15.9. The van der Waals surface area contributed by atoms with Gasteiger partial charge in [0.25, 0.3) is 0 Å². The van der Waals surface area contributed by atoms with Crippen LogP contribution in [0, 0.1) is 17.2 Å². The van der Waals surface area contributed by atoms with Gasteiger partial charge in [0.1, 0.15) is 11.5 Å². The van der Waals surface area contributed by atoms with Crippen LogP contribution in [-0.2, 0) is 0 Å². The van der Waals surface area contributed by atoms with E-state index in [4.69, 9.17) is 9.47 Å². The summed E-state index contributed by atoms with van der Waals surface area (Å²) in [6.45, 7) is 4.12. The second kappa shape index (κ2) is 6.03. The zero-order valence-corrected chi connectivity index (χ0v) is 14.9. The highest BCUT2D eigenvalue weighted by Gasteiger charge is 2.42. The van der Waals surface area contributed by atoms with Crippen molar-refractivity contribution in [3.8, 4) is 17.6 Å². The average molecular weight is 337 g/mol. The first-order chi connectivity index (χ1) is 12.2. The van der Waals surface area contributed by atoms with Crippen LogP contribution in [-0.4, -0.2) is 32.2 Å². The number of piperidine rings is 1. The van der Waals surface area contributed by atoms with E-state index in [1.165, 1.54) is 24.2 Å². The lowest BCUT2D eigenvalue weighted by atomic mass is 9.76. The molecule has 1 N–H and O–H groups in total. The number of ether oxygens (including phenoxy) is 2. The summed E-state index contributed by atoms with van der Waals surface area (Å²) in [5.41, 5.74) is 5.25. The summed E-state index contributed by atoms with van der Waals surface area (Å²) < 4.78 is 11.1. The normalized spacial score (nSPS) is 22.5. The van der Waals surface area contributed by atoms with Gasteiger partial charge in [-0.2, -0.15) is 5.26 Å². The molecule has 1 atom stereocenters. The van der Waals surface area contributed by atoms with Crippen LogP contribution in [0.25, 0.3) is 0 Å². The summed E-state index contributed by atoms with van der Waals surface area (Å²) in [4.78, 5) is 2.44. The molecule has 4 heterocycles. The molecule has 5 rings (SSSR count). The smallest absolute Gasteiger partial charge is 0.123 e. The number of nitrogens with one attached hydrogen (secondary N) is 1. The number of benzene rings is 1. The number of rotatable bonds is 3. The molecule has 1 saturated heterocycles. The third kappa shape index (κ3) is 2.36. The molecule has 2 bridgehead atoms. The molecule has 1 aromatic carbocycles. The second-order valence-electron chi connectivity index (χ2n) is 6.88. The van der Waals surface area contributed by atoms with Gasteiger partial charge in [-0.25, -0.2) is 0 Å². The zero-order valence-electron chi connectivity index (χ0n) is 14.9. The Bertz CT molecular complexity index is 811. The van der Waals surface area contributed by atoms with Crippen LogP contribution in [0.15, 0.2) is 40.9 Å². The summed E-state index contributed by atoms with van der Waals surface area (Å²) in [6.07, 6.45) is 2.37. The maximum absolute atomic E-state index is 9.88. The van der Waals surface area contributed by atoms with E-state index in [1.54, 1.807) is 14.2 Å². The molecule has 0 aliphatic carbocycles. The number of hydrogen-bond donors (Lipinski definition) is 1. The number of hydrogen-bond acceptors (Lipinski definition) is 5. The van der Waals surface area contributed by atoms with Crippen LogP contribution in [0.1, 0.15) is 31.2 Å². The van der Waals surface area contributed by atoms with E-state index < -0.39 is 0 Å². The van der Waals surface area contributed by atoms with Crippen molar-refractivity contribution in [2.45, 2.75) is 25.7 Å². The van der Waals surface area contributed by atoms with Crippen LogP contribution >= 0.6 is 0 Å². The average Bonchev–Trinajstić information content (AvgIpc) is 2.67. The Morgan fingerprint density at radius 1 is 1.20 bits per heavy atom. The summed E-state index contributed by atoms with van der Waals surface area (Å²) in [5, 5.41) is 13.4. The summed E-state index contributed by atoms with van der Waals surface area (Å²) in [6, 6.07) is 8.28. The minimum Gasteiger partial charge on any atom is -0.497 e. The highest BCUT2D eigenvalue weighted by atomic mass is 16.5. The molecular weight excluding hydrogens is 314 g/mol. The lowest BCUT2D eigenvalue weighted by molar-refractivity contribution is 0.186. The van der Waals surface area contributed by atoms with Crippen LogP contribution in [0.3, 0.4) is 0 Å². The molecule has 5 nitrogen and oxygen atoms in total. The van der Waals surface area contributed by atoms with Crippen LogP contribution in [0.2, 0.25) is 0 Å². The van der Waals surface area contributed by atoms with Crippen molar-refractivity contribution in [2.75, 3.05) is 27.3 Å². The third-order valence-electron chi connectivity index (χ3n) is 5.68. The maximum atomic E-state index is 9.88. The molecule has 25 heavy (non-hydrogen) atoms. The summed E-state index contributed by atoms with van der Waals surface area (Å²) in [5.74, 6) is 2.04. The monoisotopic (exact) mass is 337 g/mol. The zero-order chi connectivity index (χ0) is 17.6. The molecule has 1 fully saturated rings. The SMILES string of the molecule is COc1ccc(OC)c([C@H]2C(C#N)=C(C)NC3=C2N2CCC3CC2)c1. The van der Waals surface area contributed by atoms with Crippen molar-refractivity contribution in [3.63, 3.8) is 0 Å². The molecule has 1 aromatic rings. The van der Waals surface area contributed by atoms with E-state index >= 15 is 0 Å². The molecule has 0 radical (unpaired) electrons. The quantitative estimate of drug-likeness (QED) is 0.918. The molecular formula is C20H23N3O2. The largest absolute Gasteiger partial charge is 0.497 e. The summed E-state index contributed by atoms with van der Waals surface area (Å²) >= 11 is 0. The van der Waals surface area contributed by atoms with Crippen LogP contribution in [0.5, 0.6) is 11.5 Å². The molecule has 130 valence electrons. The third-order valence-corrected chi connectivity index (χ3v) is 5.68. The van der Waals surface area contributed by atoms with Crippen molar-refractivity contribution in [3.05, 3.63) is 46.4 Å². The van der Waals surface area contributed by atoms with Gasteiger partial charge in [-0.1, -0.05) is 0 Å². The van der Waals surface area contributed by atoms with Crippen LogP contribution < -0.4 is 14.8 Å². The van der Waals surface area contributed by atoms with Gasteiger partial charge in [-0.05, 0) is 38.0 Å². The number of nitrogens with zero attached hydrogens (tertiary/aromatic N) is 2. The number of dihydropyridines is 1. The standard InChI is InChI=1S/C20H23N3O2/c1-12-16(11-21)18(15-10-14(24-2)4-5-17(15)25-3)20-19(22-12)13-6-8-23(20)9-7-13/h4-5,10,13,18,22H,6-9H2,1-3H3/t18-/m0/s1. The molecule has 0 saturated carbocycles. The van der Waals surface area contributed by atoms with Crippen molar-refractivity contribution in [1.82, 2.24) is 10.2 Å². The molecule has 4 aliphatic rings. The molecule has 0 amide bonds. The van der Waals surface area contributed by atoms with E-state index in [9.17, 15) is 5.26 Å². The molecule has 5 heteroatoms. The predicted molar refractivity (Wildman–Crippen MR) is 95.1 cm³/mol. The molecule has 0 unspecified atom stereocenters. The van der Waals surface area contributed by atoms with Gasteiger partial charge in [0.15, 0.2) is 0 Å². The number of allylic oxidation sites excluding steroid dienone is 3. The molecule has 0 aromatic heterocycles. The number of methoxy groups -OCH3 is 2. The van der Waals surface area contributed by atoms with Crippen molar-refractivity contribution < 1.29 is 9.47 Å². The van der Waals surface area contributed by atoms with Gasteiger partial charge >= 0.3 is 0 Å². The lowest BCUT2D eigenvalue weighted by Gasteiger charge is -2.49. The fourth-order valence-corrected chi connectivity index (χ4v) is 4.43. The van der Waals surface area contributed by atoms with Crippen LogP contribution in [0.4, 0.5) is 0 Å². The van der Waals surface area contributed by atoms with Gasteiger partial charge in [-0.15, -0.1) is 0 Å². The predicted octanol–water partition coefficient (Wildman–Crippen LogP) is 3.13. The Kier molecular flexibility index (Phi) is 3.84. The highest BCUT2D eigenvalue weighted by Crippen LogP contribution is 2.49. The van der Waals surface area contributed by atoms with Gasteiger partial charge < -0.3 is 19.7 Å². The Morgan fingerprint density at radius 2 is 1.96 bits per heavy atom. The highest BCUT2D eigenvalue weighted by molar-refractivity contribution is 5.57. The van der Waals surface area contributed by atoms with Crippen molar-refractivity contribution >= 4 is 0 Å². The van der Waals surface area contributed by atoms with Crippen molar-refractivity contribution in [2.24, 2.45) is 5.92 Å². The summed E-state index contributed by atoms with van der Waals surface area (Å²) in [7, 11) is 3.34. The van der Waals surface area contributed by atoms with E-state index in [-0.39, 0.29) is 5.92 Å². The van der Waals surface area contributed by atoms with E-state index in [0.29, 0.717) is 5.92 Å². The second-order valence-corrected chi connectivity index (χ2v) is 6.88. The Hall–Kier alpha value is -2.61. The van der Waals surface area contributed by atoms with E-state index in [2.05, 4.69) is 16.3 Å². The maximum Gasteiger partial charge on any atom is 0.123 e. The Labute approximate surface area is 148 Å². The van der Waals surface area contributed by atoms with Gasteiger partial charge in [-0.3, -0.25) is 0 Å². The van der Waals surface area contributed by atoms with Crippen molar-refractivity contribution in [1.29, 1.82) is 5.26 Å². The first-order valence-corrected chi connectivity index (χ1v) is 8.76. The number of fused-ring (bicyclic) bond motifs is 2. The Balaban J connectivity index is 1.93. The topological polar surface area (TPSA) is 57.5 Å². The van der Waals surface area contributed by atoms with Gasteiger partial charge in [0.2, 0.25) is 0 Å². The first-order valence-electron chi connectivity index (χ1n) is 8.76. The molecule has 0 spiro atoms. The number of nitriles is 1. The van der Waals surface area contributed by atoms with Gasteiger partial charge in [0.05, 0.1) is 31.8 Å². The van der Waals surface area contributed by atoms with E-state index in [1.807, 2.05) is 25.1 Å². The molecule has 4 aliphatic heterocycles. The fraction of sp³-hybridized carbons (Fsp3) is 0.450. The minimum atomic E-state index is -0.102. The lowest BCUT2D eigenvalue weighted by Crippen LogP contribution is -2.47. The Morgan fingerprint density at radius 3 is 2.60 bits per heavy atom. The van der Waals surface area contributed by atoms with E-state index in [0.717, 1.165) is 41.4 Å². The fourth-order valence-electron chi connectivity index (χ4n) is 4.43. The van der Waals surface area contributed by atoms with Gasteiger partial charge in [0, 0.05) is 41.7 Å².